The van der Waals surface area contributed by atoms with Crippen LogP contribution in [0.25, 0.3) is 0 Å². The average Bonchev–Trinajstić information content (AvgIpc) is 2.50. The number of likely N-dealkylation sites (tertiary alicyclic amines) is 1. The van der Waals surface area contributed by atoms with Crippen LogP contribution in [0.5, 0.6) is 0 Å². The third-order valence-corrected chi connectivity index (χ3v) is 4.63. The van der Waals surface area contributed by atoms with Gasteiger partial charge in [0.05, 0.1) is 11.6 Å². The second-order valence-electron chi connectivity index (χ2n) is 6.25. The Morgan fingerprint density at radius 2 is 2.10 bits per heavy atom. The summed E-state index contributed by atoms with van der Waals surface area (Å²) in [6, 6.07) is 8.56. The second-order valence-corrected chi connectivity index (χ2v) is 6.25. The molecule has 1 fully saturated rings. The number of anilines is 1. The highest BCUT2D eigenvalue weighted by Crippen LogP contribution is 2.25. The fourth-order valence-electron chi connectivity index (χ4n) is 3.20. The zero-order valence-corrected chi connectivity index (χ0v) is 13.5. The van der Waals surface area contributed by atoms with Gasteiger partial charge in [-0.3, -0.25) is 0 Å². The van der Waals surface area contributed by atoms with Gasteiger partial charge in [0.1, 0.15) is 0 Å². The Labute approximate surface area is 129 Å². The van der Waals surface area contributed by atoms with E-state index in [9.17, 15) is 0 Å². The molecule has 1 aromatic carbocycles. The molecule has 114 valence electrons. The fraction of sp³-hybridized carbons (Fsp3) is 0.611. The molecule has 1 heterocycles. The molecule has 0 amide bonds. The standard InChI is InChI=1S/C18H27N3/c1-4-9-21-10-7-17(8-11-21)15(3)20-18-12-16(13-19)6-5-14(18)2/h5-6,12,15,17,20H,4,7-11H2,1-3H3. The van der Waals surface area contributed by atoms with Gasteiger partial charge in [0.2, 0.25) is 0 Å². The maximum Gasteiger partial charge on any atom is 0.0992 e. The molecular weight excluding hydrogens is 258 g/mol. The minimum absolute atomic E-state index is 0.460. The number of nitriles is 1. The van der Waals surface area contributed by atoms with E-state index in [2.05, 4.69) is 37.1 Å². The van der Waals surface area contributed by atoms with Crippen LogP contribution in [0.15, 0.2) is 18.2 Å². The SMILES string of the molecule is CCCN1CCC(C(C)Nc2cc(C#N)ccc2C)CC1. The Morgan fingerprint density at radius 3 is 2.71 bits per heavy atom. The molecular formula is C18H27N3. The van der Waals surface area contributed by atoms with Gasteiger partial charge in [0.25, 0.3) is 0 Å². The Balaban J connectivity index is 1.93. The van der Waals surface area contributed by atoms with Crippen molar-refractivity contribution in [3.8, 4) is 6.07 Å². The van der Waals surface area contributed by atoms with Crippen LogP contribution in [0.4, 0.5) is 5.69 Å². The van der Waals surface area contributed by atoms with E-state index in [-0.39, 0.29) is 0 Å². The number of hydrogen-bond donors (Lipinski definition) is 1. The van der Waals surface area contributed by atoms with Gasteiger partial charge in [-0.1, -0.05) is 13.0 Å². The van der Waals surface area contributed by atoms with Gasteiger partial charge in [-0.2, -0.15) is 5.26 Å². The molecule has 0 bridgehead atoms. The predicted molar refractivity (Wildman–Crippen MR) is 88.4 cm³/mol. The molecule has 0 spiro atoms. The normalized spacial score (nSPS) is 18.2. The molecule has 1 atom stereocenters. The van der Waals surface area contributed by atoms with Crippen molar-refractivity contribution in [1.82, 2.24) is 4.90 Å². The minimum atomic E-state index is 0.460. The van der Waals surface area contributed by atoms with Crippen LogP contribution in [-0.2, 0) is 0 Å². The zero-order valence-electron chi connectivity index (χ0n) is 13.5. The van der Waals surface area contributed by atoms with E-state index in [1.54, 1.807) is 0 Å². The quantitative estimate of drug-likeness (QED) is 0.894. The number of aryl methyl sites for hydroxylation is 1. The number of hydrogen-bond acceptors (Lipinski definition) is 3. The minimum Gasteiger partial charge on any atom is -0.382 e. The van der Waals surface area contributed by atoms with E-state index < -0.39 is 0 Å². The average molecular weight is 285 g/mol. The summed E-state index contributed by atoms with van der Waals surface area (Å²) in [5, 5.41) is 12.7. The van der Waals surface area contributed by atoms with Crippen molar-refractivity contribution in [2.45, 2.75) is 46.1 Å². The van der Waals surface area contributed by atoms with Crippen LogP contribution >= 0.6 is 0 Å². The van der Waals surface area contributed by atoms with Gasteiger partial charge >= 0.3 is 0 Å². The largest absolute Gasteiger partial charge is 0.382 e. The number of nitrogens with one attached hydrogen (secondary N) is 1. The van der Waals surface area contributed by atoms with Crippen LogP contribution in [-0.4, -0.2) is 30.6 Å². The Hall–Kier alpha value is -1.53. The Bertz CT molecular complexity index is 496. The number of rotatable bonds is 5. The first-order valence-electron chi connectivity index (χ1n) is 8.13. The first kappa shape index (κ1) is 15.9. The van der Waals surface area contributed by atoms with Crippen LogP contribution in [0.3, 0.4) is 0 Å². The molecule has 3 heteroatoms. The smallest absolute Gasteiger partial charge is 0.0992 e. The maximum absolute atomic E-state index is 9.03. The summed E-state index contributed by atoms with van der Waals surface area (Å²) in [6.07, 6.45) is 3.79. The third-order valence-electron chi connectivity index (χ3n) is 4.63. The second kappa shape index (κ2) is 7.47. The van der Waals surface area contributed by atoms with Gasteiger partial charge in [-0.05, 0) is 76.4 Å². The van der Waals surface area contributed by atoms with E-state index in [0.29, 0.717) is 6.04 Å². The van der Waals surface area contributed by atoms with Crippen molar-refractivity contribution in [2.75, 3.05) is 25.0 Å². The summed E-state index contributed by atoms with van der Waals surface area (Å²) in [5.74, 6) is 0.725. The lowest BCUT2D eigenvalue weighted by atomic mass is 9.90. The molecule has 0 aromatic heterocycles. The van der Waals surface area contributed by atoms with E-state index in [1.165, 1.54) is 44.5 Å². The highest BCUT2D eigenvalue weighted by molar-refractivity contribution is 5.55. The summed E-state index contributed by atoms with van der Waals surface area (Å²) < 4.78 is 0. The molecule has 0 radical (unpaired) electrons. The van der Waals surface area contributed by atoms with Gasteiger partial charge in [-0.25, -0.2) is 0 Å². The summed E-state index contributed by atoms with van der Waals surface area (Å²) in [5.41, 5.74) is 3.05. The maximum atomic E-state index is 9.03. The molecule has 21 heavy (non-hydrogen) atoms. The molecule has 1 aliphatic heterocycles. The molecule has 1 saturated heterocycles. The lowest BCUT2D eigenvalue weighted by molar-refractivity contribution is 0.176. The molecule has 2 rings (SSSR count). The van der Waals surface area contributed by atoms with Crippen molar-refractivity contribution in [2.24, 2.45) is 5.92 Å². The molecule has 1 unspecified atom stereocenters. The molecule has 3 nitrogen and oxygen atoms in total. The van der Waals surface area contributed by atoms with Crippen LogP contribution in [0.1, 0.15) is 44.2 Å². The summed E-state index contributed by atoms with van der Waals surface area (Å²) in [4.78, 5) is 2.57. The fourth-order valence-corrected chi connectivity index (χ4v) is 3.20. The first-order valence-corrected chi connectivity index (χ1v) is 8.13. The zero-order chi connectivity index (χ0) is 15.2. The van der Waals surface area contributed by atoms with Gasteiger partial charge < -0.3 is 10.2 Å². The van der Waals surface area contributed by atoms with Crippen LogP contribution in [0.2, 0.25) is 0 Å². The summed E-state index contributed by atoms with van der Waals surface area (Å²) in [7, 11) is 0. The van der Waals surface area contributed by atoms with Crippen molar-refractivity contribution < 1.29 is 0 Å². The van der Waals surface area contributed by atoms with Gasteiger partial charge in [0.15, 0.2) is 0 Å². The van der Waals surface area contributed by atoms with Gasteiger partial charge in [-0.15, -0.1) is 0 Å². The summed E-state index contributed by atoms with van der Waals surface area (Å²) >= 11 is 0. The van der Waals surface area contributed by atoms with E-state index in [1.807, 2.05) is 18.2 Å². The van der Waals surface area contributed by atoms with E-state index in [0.717, 1.165) is 17.2 Å². The molecule has 0 saturated carbocycles. The highest BCUT2D eigenvalue weighted by atomic mass is 15.1. The third kappa shape index (κ3) is 4.22. The molecule has 1 aliphatic rings. The van der Waals surface area contributed by atoms with Crippen molar-refractivity contribution >= 4 is 5.69 Å². The number of piperidine rings is 1. The van der Waals surface area contributed by atoms with Crippen molar-refractivity contribution in [1.29, 1.82) is 5.26 Å². The first-order chi connectivity index (χ1) is 10.1. The van der Waals surface area contributed by atoms with Crippen molar-refractivity contribution in [3.63, 3.8) is 0 Å². The molecule has 0 aliphatic carbocycles. The Kier molecular flexibility index (Phi) is 5.64. The lowest BCUT2D eigenvalue weighted by Gasteiger charge is -2.35. The Morgan fingerprint density at radius 1 is 1.38 bits per heavy atom. The van der Waals surface area contributed by atoms with E-state index >= 15 is 0 Å². The lowest BCUT2D eigenvalue weighted by Crippen LogP contribution is -2.39. The van der Waals surface area contributed by atoms with E-state index in [4.69, 9.17) is 5.26 Å². The highest BCUT2D eigenvalue weighted by Gasteiger charge is 2.23. The number of benzene rings is 1. The topological polar surface area (TPSA) is 39.1 Å². The van der Waals surface area contributed by atoms with Crippen LogP contribution in [0, 0.1) is 24.2 Å². The monoisotopic (exact) mass is 285 g/mol. The molecule has 1 N–H and O–H groups in total. The number of nitrogens with zero attached hydrogens (tertiary/aromatic N) is 2. The van der Waals surface area contributed by atoms with Gasteiger partial charge in [0, 0.05) is 11.7 Å². The summed E-state index contributed by atoms with van der Waals surface area (Å²) in [6.45, 7) is 10.3. The van der Waals surface area contributed by atoms with Crippen molar-refractivity contribution in [3.05, 3.63) is 29.3 Å². The predicted octanol–water partition coefficient (Wildman–Crippen LogP) is 3.79. The molecule has 1 aromatic rings. The van der Waals surface area contributed by atoms with Crippen LogP contribution < -0.4 is 5.32 Å².